The van der Waals surface area contributed by atoms with Crippen LogP contribution in [0, 0.1) is 0 Å². The highest BCUT2D eigenvalue weighted by Gasteiger charge is 2.30. The third kappa shape index (κ3) is 3.32. The van der Waals surface area contributed by atoms with Gasteiger partial charge in [0.25, 0.3) is 0 Å². The zero-order valence-corrected chi connectivity index (χ0v) is 17.1. The highest BCUT2D eigenvalue weighted by Crippen LogP contribution is 2.37. The minimum atomic E-state index is -3.52. The molecule has 27 heavy (non-hydrogen) atoms. The number of hydrogen-bond donors (Lipinski definition) is 0. The normalized spacial score (nSPS) is 19.5. The molecule has 0 unspecified atom stereocenters. The molecule has 1 aliphatic heterocycles. The van der Waals surface area contributed by atoms with Gasteiger partial charge in [-0.1, -0.05) is 44.2 Å². The van der Waals surface area contributed by atoms with Crippen LogP contribution < -0.4 is 0 Å². The van der Waals surface area contributed by atoms with E-state index >= 15 is 0 Å². The van der Waals surface area contributed by atoms with Gasteiger partial charge in [0.1, 0.15) is 0 Å². The van der Waals surface area contributed by atoms with Crippen LogP contribution >= 0.6 is 11.8 Å². The Bertz CT molecular complexity index is 979. The Balaban J connectivity index is 1.74. The lowest BCUT2D eigenvalue weighted by molar-refractivity contribution is 0.445. The molecule has 0 radical (unpaired) electrons. The first-order chi connectivity index (χ1) is 13.0. The first kappa shape index (κ1) is 18.6. The van der Waals surface area contributed by atoms with Gasteiger partial charge in [0.15, 0.2) is 5.82 Å². The van der Waals surface area contributed by atoms with Gasteiger partial charge in [-0.25, -0.2) is 8.42 Å². The zero-order valence-electron chi connectivity index (χ0n) is 15.5. The number of aromatic nitrogens is 3. The largest absolute Gasteiger partial charge is 0.243 e. The van der Waals surface area contributed by atoms with E-state index in [0.29, 0.717) is 29.7 Å². The lowest BCUT2D eigenvalue weighted by atomic mass is 9.98. The Labute approximate surface area is 163 Å². The third-order valence-electron chi connectivity index (χ3n) is 5.04. The van der Waals surface area contributed by atoms with Gasteiger partial charge < -0.3 is 0 Å². The lowest BCUT2D eigenvalue weighted by Gasteiger charge is -2.26. The fraction of sp³-hybridized carbons (Fsp3) is 0.500. The molecule has 144 valence electrons. The molecule has 2 aromatic rings. The Kier molecular flexibility index (Phi) is 5.09. The average Bonchev–Trinajstić information content (AvgIpc) is 3.09. The van der Waals surface area contributed by atoms with Gasteiger partial charge >= 0.3 is 0 Å². The van der Waals surface area contributed by atoms with Crippen molar-refractivity contribution in [1.29, 1.82) is 0 Å². The van der Waals surface area contributed by atoms with Crippen LogP contribution in [0.4, 0.5) is 0 Å². The van der Waals surface area contributed by atoms with E-state index in [1.165, 1.54) is 22.9 Å². The molecule has 0 spiro atoms. The molecule has 1 atom stereocenters. The predicted molar refractivity (Wildman–Crippen MR) is 107 cm³/mol. The van der Waals surface area contributed by atoms with Crippen LogP contribution in [0.25, 0.3) is 11.4 Å². The summed E-state index contributed by atoms with van der Waals surface area (Å²) >= 11 is 1.71. The Morgan fingerprint density at radius 3 is 2.81 bits per heavy atom. The SMILES string of the molecule is CCN(CC)S(=O)(=O)c1cccc(-c2nnc3n2N=C2CCCC[C@H]2S3)c1. The molecule has 2 heterocycles. The average molecular weight is 406 g/mol. The van der Waals surface area contributed by atoms with Crippen molar-refractivity contribution in [2.75, 3.05) is 13.1 Å². The molecule has 0 N–H and O–H groups in total. The lowest BCUT2D eigenvalue weighted by Crippen LogP contribution is -2.30. The van der Waals surface area contributed by atoms with Gasteiger partial charge in [-0.05, 0) is 31.4 Å². The maximum absolute atomic E-state index is 12.8. The van der Waals surface area contributed by atoms with Gasteiger partial charge in [-0.15, -0.1) is 10.2 Å². The Hall–Kier alpha value is -1.71. The molecule has 7 nitrogen and oxygen atoms in total. The molecule has 1 aromatic heterocycles. The highest BCUT2D eigenvalue weighted by atomic mass is 32.2. The van der Waals surface area contributed by atoms with E-state index in [1.54, 1.807) is 34.6 Å². The summed E-state index contributed by atoms with van der Waals surface area (Å²) in [4.78, 5) is 0.271. The molecule has 4 rings (SSSR count). The summed E-state index contributed by atoms with van der Waals surface area (Å²) in [5.74, 6) is 0.589. The quantitative estimate of drug-likeness (QED) is 0.763. The highest BCUT2D eigenvalue weighted by molar-refractivity contribution is 8.00. The van der Waals surface area contributed by atoms with Crippen LogP contribution in [0.5, 0.6) is 0 Å². The van der Waals surface area contributed by atoms with Crippen molar-refractivity contribution in [3.8, 4) is 11.4 Å². The molecule has 0 amide bonds. The van der Waals surface area contributed by atoms with Crippen molar-refractivity contribution in [2.24, 2.45) is 5.10 Å². The van der Waals surface area contributed by atoms with E-state index in [4.69, 9.17) is 5.10 Å². The fourth-order valence-electron chi connectivity index (χ4n) is 3.58. The molecule has 9 heteroatoms. The Morgan fingerprint density at radius 2 is 2.04 bits per heavy atom. The maximum Gasteiger partial charge on any atom is 0.243 e. The summed E-state index contributed by atoms with van der Waals surface area (Å²) in [5.41, 5.74) is 1.90. The van der Waals surface area contributed by atoms with Crippen molar-refractivity contribution >= 4 is 27.5 Å². The Morgan fingerprint density at radius 1 is 1.22 bits per heavy atom. The molecule has 1 aromatic carbocycles. The summed E-state index contributed by atoms with van der Waals surface area (Å²) in [6, 6.07) is 6.90. The summed E-state index contributed by atoms with van der Waals surface area (Å²) < 4.78 is 28.9. The standard InChI is InChI=1S/C18H23N5O2S2/c1-3-22(4-2)27(24,25)14-9-7-8-13(12-14)17-19-20-18-23(17)21-15-10-5-6-11-16(15)26-18/h7-9,12,16H,3-6,10-11H2,1-2H3/t16-/m1/s1. The number of benzene rings is 1. The number of rotatable bonds is 5. The smallest absolute Gasteiger partial charge is 0.207 e. The molecule has 1 aliphatic carbocycles. The molecule has 2 aliphatic rings. The molecule has 1 fully saturated rings. The number of fused-ring (bicyclic) bond motifs is 2. The second kappa shape index (κ2) is 7.37. The van der Waals surface area contributed by atoms with Gasteiger partial charge in [0.2, 0.25) is 15.2 Å². The van der Waals surface area contributed by atoms with Crippen molar-refractivity contribution in [1.82, 2.24) is 19.2 Å². The first-order valence-electron chi connectivity index (χ1n) is 9.35. The summed E-state index contributed by atoms with van der Waals surface area (Å²) in [6.07, 6.45) is 4.53. The van der Waals surface area contributed by atoms with E-state index in [-0.39, 0.29) is 4.90 Å². The van der Waals surface area contributed by atoms with Crippen LogP contribution in [-0.4, -0.2) is 51.6 Å². The number of sulfonamides is 1. The molecule has 0 saturated heterocycles. The van der Waals surface area contributed by atoms with Crippen molar-refractivity contribution < 1.29 is 8.42 Å². The molecular weight excluding hydrogens is 382 g/mol. The van der Waals surface area contributed by atoms with E-state index in [1.807, 2.05) is 19.9 Å². The van der Waals surface area contributed by atoms with Crippen molar-refractivity contribution in [3.63, 3.8) is 0 Å². The monoisotopic (exact) mass is 405 g/mol. The number of hydrogen-bond acceptors (Lipinski definition) is 6. The van der Waals surface area contributed by atoms with E-state index < -0.39 is 10.0 Å². The minimum Gasteiger partial charge on any atom is -0.207 e. The maximum atomic E-state index is 12.8. The van der Waals surface area contributed by atoms with E-state index in [0.717, 1.165) is 18.0 Å². The summed E-state index contributed by atoms with van der Waals surface area (Å²) in [6.45, 7) is 4.56. The summed E-state index contributed by atoms with van der Waals surface area (Å²) in [7, 11) is -3.52. The van der Waals surface area contributed by atoms with Gasteiger partial charge in [-0.3, -0.25) is 0 Å². The topological polar surface area (TPSA) is 80.5 Å². The minimum absolute atomic E-state index is 0.271. The van der Waals surface area contributed by atoms with E-state index in [2.05, 4.69) is 10.2 Å². The van der Waals surface area contributed by atoms with Crippen LogP contribution in [0.3, 0.4) is 0 Å². The van der Waals surface area contributed by atoms with Crippen molar-refractivity contribution in [3.05, 3.63) is 24.3 Å². The number of thioether (sulfide) groups is 1. The van der Waals surface area contributed by atoms with Crippen LogP contribution in [0.15, 0.2) is 39.4 Å². The molecular formula is C18H23N5O2S2. The van der Waals surface area contributed by atoms with Crippen LogP contribution in [0.1, 0.15) is 39.5 Å². The predicted octanol–water partition coefficient (Wildman–Crippen LogP) is 3.23. The van der Waals surface area contributed by atoms with Crippen LogP contribution in [0.2, 0.25) is 0 Å². The van der Waals surface area contributed by atoms with Crippen molar-refractivity contribution in [2.45, 2.75) is 54.8 Å². The second-order valence-electron chi connectivity index (χ2n) is 6.68. The van der Waals surface area contributed by atoms with Gasteiger partial charge in [-0.2, -0.15) is 14.1 Å². The second-order valence-corrected chi connectivity index (χ2v) is 9.79. The van der Waals surface area contributed by atoms with Gasteiger partial charge in [0.05, 0.1) is 15.9 Å². The molecule has 1 saturated carbocycles. The van der Waals surface area contributed by atoms with E-state index in [9.17, 15) is 8.42 Å². The third-order valence-corrected chi connectivity index (χ3v) is 8.35. The zero-order chi connectivity index (χ0) is 19.0. The molecule has 0 bridgehead atoms. The van der Waals surface area contributed by atoms with Crippen LogP contribution in [-0.2, 0) is 10.0 Å². The van der Waals surface area contributed by atoms with Gasteiger partial charge in [0, 0.05) is 18.7 Å². The summed E-state index contributed by atoms with van der Waals surface area (Å²) in [5, 5.41) is 14.6. The fourth-order valence-corrected chi connectivity index (χ4v) is 6.24. The first-order valence-corrected chi connectivity index (χ1v) is 11.7. The number of nitrogens with zero attached hydrogens (tertiary/aromatic N) is 5.